The molecule has 3 aromatic heterocycles. The zero-order valence-electron chi connectivity index (χ0n) is 20.4. The highest BCUT2D eigenvalue weighted by Crippen LogP contribution is 2.28. The summed E-state index contributed by atoms with van der Waals surface area (Å²) in [6.45, 7) is -0.410. The molecule has 0 saturated heterocycles. The zero-order chi connectivity index (χ0) is 27.5. The van der Waals surface area contributed by atoms with Crippen molar-refractivity contribution in [3.8, 4) is 0 Å². The number of hydrogen-bond acceptors (Lipinski definition) is 7. The molecule has 1 saturated carbocycles. The van der Waals surface area contributed by atoms with E-state index in [1.807, 2.05) is 0 Å². The number of fused-ring (bicyclic) bond motifs is 1. The maximum Gasteiger partial charge on any atom is 0.326 e. The molecule has 0 spiro atoms. The van der Waals surface area contributed by atoms with E-state index in [1.54, 1.807) is 42.5 Å². The number of carbonyl (C=O) groups is 4. The molecular formula is C25H23ClN8O5. The van der Waals surface area contributed by atoms with Crippen molar-refractivity contribution in [2.45, 2.75) is 25.4 Å². The number of nitrogens with two attached hydrogens (primary N) is 1. The summed E-state index contributed by atoms with van der Waals surface area (Å²) in [5.74, 6) is -1.03. The Balaban J connectivity index is 1.31. The number of carbonyl (C=O) groups excluding carboxylic acids is 4. The van der Waals surface area contributed by atoms with Crippen LogP contribution in [0.2, 0.25) is 5.15 Å². The molecule has 0 aliphatic heterocycles. The first-order valence-electron chi connectivity index (χ1n) is 11.9. The molecular weight excluding hydrogens is 528 g/mol. The highest BCUT2D eigenvalue weighted by atomic mass is 35.5. The molecule has 3 heterocycles. The van der Waals surface area contributed by atoms with Gasteiger partial charge in [0.15, 0.2) is 5.69 Å². The third-order valence-electron chi connectivity index (χ3n) is 5.89. The van der Waals surface area contributed by atoms with Crippen LogP contribution < -0.4 is 21.7 Å². The number of amides is 5. The maximum absolute atomic E-state index is 13.3. The number of furan rings is 1. The van der Waals surface area contributed by atoms with Crippen molar-refractivity contribution >= 4 is 63.6 Å². The normalized spacial score (nSPS) is 12.6. The number of nitrogens with zero attached hydrogens (tertiary/aromatic N) is 4. The molecule has 0 bridgehead atoms. The Morgan fingerprint density at radius 1 is 1.08 bits per heavy atom. The minimum absolute atomic E-state index is 0.0596. The van der Waals surface area contributed by atoms with Gasteiger partial charge in [0, 0.05) is 23.2 Å². The first kappa shape index (κ1) is 25.7. The fourth-order valence-electron chi connectivity index (χ4n) is 4.02. The third kappa shape index (κ3) is 6.15. The van der Waals surface area contributed by atoms with E-state index < -0.39 is 17.8 Å². The second-order valence-electron chi connectivity index (χ2n) is 8.81. The van der Waals surface area contributed by atoms with Crippen molar-refractivity contribution in [2.24, 2.45) is 5.73 Å². The Kier molecular flexibility index (Phi) is 7.14. The Morgan fingerprint density at radius 2 is 1.90 bits per heavy atom. The highest BCUT2D eigenvalue weighted by molar-refractivity contribution is 6.29. The Bertz CT molecular complexity index is 1560. The zero-order valence-corrected chi connectivity index (χ0v) is 21.1. The molecule has 1 aliphatic carbocycles. The molecule has 0 unspecified atom stereocenters. The number of pyridine rings is 1. The quantitative estimate of drug-likeness (QED) is 0.231. The predicted molar refractivity (Wildman–Crippen MR) is 142 cm³/mol. The van der Waals surface area contributed by atoms with Gasteiger partial charge < -0.3 is 25.7 Å². The average molecular weight is 551 g/mol. The van der Waals surface area contributed by atoms with Gasteiger partial charge in [-0.05, 0) is 49.2 Å². The van der Waals surface area contributed by atoms with Gasteiger partial charge in [-0.1, -0.05) is 17.7 Å². The van der Waals surface area contributed by atoms with Crippen LogP contribution in [0, 0.1) is 0 Å². The Morgan fingerprint density at radius 3 is 2.59 bits per heavy atom. The summed E-state index contributed by atoms with van der Waals surface area (Å²) < 4.78 is 6.44. The van der Waals surface area contributed by atoms with Crippen molar-refractivity contribution in [1.82, 2.24) is 19.7 Å². The first-order chi connectivity index (χ1) is 18.8. The molecule has 5 amide bonds. The van der Waals surface area contributed by atoms with E-state index in [1.165, 1.54) is 21.9 Å². The Hall–Kier alpha value is -4.91. The third-order valence-corrected chi connectivity index (χ3v) is 6.10. The lowest BCUT2D eigenvalue weighted by atomic mass is 10.2. The van der Waals surface area contributed by atoms with Crippen LogP contribution >= 0.6 is 11.6 Å². The van der Waals surface area contributed by atoms with Gasteiger partial charge in [0.1, 0.15) is 24.1 Å². The standard InChI is InChI=1S/C25H23ClN8O5/c26-18-3-1-4-19(29-18)30-20(35)12-33(15-7-8-15)22(36)13-34-17-9-6-14(11-16(17)23(32-34)24(27)37)28-25(38)31-21-5-2-10-39-21/h1-6,9-11,15H,7-8,12-13H2,(H2,27,37)(H2,28,31,38)(H,29,30,35). The number of nitrogens with one attached hydrogen (secondary N) is 3. The SMILES string of the molecule is NC(=O)c1nn(CC(=O)N(CC(=O)Nc2cccc(Cl)n2)C2CC2)c2ccc(NC(=O)Nc3ccco3)cc12. The van der Waals surface area contributed by atoms with Crippen molar-refractivity contribution < 1.29 is 23.6 Å². The number of hydrogen-bond donors (Lipinski definition) is 4. The fourth-order valence-corrected chi connectivity index (χ4v) is 4.19. The highest BCUT2D eigenvalue weighted by Gasteiger charge is 2.34. The van der Waals surface area contributed by atoms with Crippen LogP contribution in [0.5, 0.6) is 0 Å². The van der Waals surface area contributed by atoms with Crippen LogP contribution in [-0.2, 0) is 16.1 Å². The molecule has 1 aliphatic rings. The molecule has 39 heavy (non-hydrogen) atoms. The molecule has 1 fully saturated rings. The number of halogens is 1. The summed E-state index contributed by atoms with van der Waals surface area (Å²) in [7, 11) is 0. The Labute approximate surface area is 226 Å². The minimum Gasteiger partial charge on any atom is -0.449 e. The molecule has 5 N–H and O–H groups in total. The van der Waals surface area contributed by atoms with Gasteiger partial charge in [-0.2, -0.15) is 5.10 Å². The van der Waals surface area contributed by atoms with Gasteiger partial charge in [0.2, 0.25) is 17.7 Å². The molecule has 13 nitrogen and oxygen atoms in total. The minimum atomic E-state index is -0.796. The van der Waals surface area contributed by atoms with Gasteiger partial charge in [-0.15, -0.1) is 0 Å². The predicted octanol–water partition coefficient (Wildman–Crippen LogP) is 3.05. The van der Waals surface area contributed by atoms with Crippen LogP contribution in [0.3, 0.4) is 0 Å². The molecule has 4 aromatic rings. The number of aromatic nitrogens is 3. The fraction of sp³-hybridized carbons (Fsp3) is 0.200. The lowest BCUT2D eigenvalue weighted by molar-refractivity contribution is -0.135. The number of primary amides is 1. The van der Waals surface area contributed by atoms with Crippen molar-refractivity contribution in [3.63, 3.8) is 0 Å². The number of urea groups is 1. The number of benzene rings is 1. The first-order valence-corrected chi connectivity index (χ1v) is 12.3. The van der Waals surface area contributed by atoms with E-state index in [0.717, 1.165) is 12.8 Å². The van der Waals surface area contributed by atoms with E-state index in [0.29, 0.717) is 16.6 Å². The molecule has 0 atom stereocenters. The summed E-state index contributed by atoms with van der Waals surface area (Å²) in [4.78, 5) is 55.8. The number of anilines is 3. The van der Waals surface area contributed by atoms with Gasteiger partial charge >= 0.3 is 6.03 Å². The van der Waals surface area contributed by atoms with E-state index in [2.05, 4.69) is 26.0 Å². The lowest BCUT2D eigenvalue weighted by Crippen LogP contribution is -2.41. The molecule has 200 valence electrons. The monoisotopic (exact) mass is 550 g/mol. The van der Waals surface area contributed by atoms with Crippen molar-refractivity contribution in [3.05, 3.63) is 65.6 Å². The summed E-state index contributed by atoms with van der Waals surface area (Å²) in [5, 5.41) is 12.7. The van der Waals surface area contributed by atoms with E-state index in [9.17, 15) is 19.2 Å². The lowest BCUT2D eigenvalue weighted by Gasteiger charge is -2.22. The number of rotatable bonds is 9. The summed E-state index contributed by atoms with van der Waals surface area (Å²) in [5.41, 5.74) is 6.31. The van der Waals surface area contributed by atoms with Gasteiger partial charge in [-0.25, -0.2) is 9.78 Å². The molecule has 0 radical (unpaired) electrons. The van der Waals surface area contributed by atoms with Gasteiger partial charge in [-0.3, -0.25) is 24.4 Å². The second kappa shape index (κ2) is 10.8. The topological polar surface area (TPSA) is 177 Å². The van der Waals surface area contributed by atoms with Crippen LogP contribution in [-0.4, -0.2) is 56.0 Å². The van der Waals surface area contributed by atoms with E-state index in [4.69, 9.17) is 21.8 Å². The van der Waals surface area contributed by atoms with Crippen LogP contribution in [0.15, 0.2) is 59.2 Å². The van der Waals surface area contributed by atoms with Crippen molar-refractivity contribution in [2.75, 3.05) is 22.5 Å². The van der Waals surface area contributed by atoms with Gasteiger partial charge in [0.25, 0.3) is 5.91 Å². The van der Waals surface area contributed by atoms with Crippen LogP contribution in [0.1, 0.15) is 23.3 Å². The van der Waals surface area contributed by atoms with Crippen LogP contribution in [0.4, 0.5) is 22.2 Å². The van der Waals surface area contributed by atoms with Crippen molar-refractivity contribution in [1.29, 1.82) is 0 Å². The largest absolute Gasteiger partial charge is 0.449 e. The molecule has 5 rings (SSSR count). The second-order valence-corrected chi connectivity index (χ2v) is 9.19. The molecule has 14 heteroatoms. The maximum atomic E-state index is 13.3. The summed E-state index contributed by atoms with van der Waals surface area (Å²) >= 11 is 5.87. The summed E-state index contributed by atoms with van der Waals surface area (Å²) in [6.07, 6.45) is 2.97. The average Bonchev–Trinajstić information content (AvgIpc) is 3.48. The molecule has 1 aromatic carbocycles. The smallest absolute Gasteiger partial charge is 0.326 e. The van der Waals surface area contributed by atoms with E-state index >= 15 is 0 Å². The summed E-state index contributed by atoms with van der Waals surface area (Å²) in [6, 6.07) is 12.2. The van der Waals surface area contributed by atoms with Gasteiger partial charge in [0.05, 0.1) is 11.8 Å². The van der Waals surface area contributed by atoms with E-state index in [-0.39, 0.29) is 47.6 Å². The van der Waals surface area contributed by atoms with Crippen LogP contribution in [0.25, 0.3) is 10.9 Å².